The Balaban J connectivity index is 1.42. The quantitative estimate of drug-likeness (QED) is 0.186. The Morgan fingerprint density at radius 2 is 1.59 bits per heavy atom. The van der Waals surface area contributed by atoms with E-state index in [1.807, 2.05) is 0 Å². The van der Waals surface area contributed by atoms with Crippen LogP contribution in [0.5, 0.6) is 5.75 Å². The minimum Gasteiger partial charge on any atom is -0.488 e. The van der Waals surface area contributed by atoms with Crippen LogP contribution < -0.4 is 4.74 Å². The lowest BCUT2D eigenvalue weighted by Gasteiger charge is -2.15. The third kappa shape index (κ3) is 6.26. The van der Waals surface area contributed by atoms with Gasteiger partial charge in [-0.25, -0.2) is 18.9 Å². The number of nitrogens with zero attached hydrogens (tertiary/aromatic N) is 3. The van der Waals surface area contributed by atoms with Crippen LogP contribution in [0.2, 0.25) is 0 Å². The van der Waals surface area contributed by atoms with Crippen molar-refractivity contribution in [2.75, 3.05) is 0 Å². The summed E-state index contributed by atoms with van der Waals surface area (Å²) in [5.41, 5.74) is -0.442. The zero-order valence-corrected chi connectivity index (χ0v) is 22.5. The van der Waals surface area contributed by atoms with Gasteiger partial charge in [0.1, 0.15) is 23.7 Å². The van der Waals surface area contributed by atoms with E-state index in [0.29, 0.717) is 27.6 Å². The molecule has 0 aliphatic rings. The Kier molecular flexibility index (Phi) is 7.89. The molecule has 2 aromatic heterocycles. The van der Waals surface area contributed by atoms with E-state index in [2.05, 4.69) is 10.1 Å². The number of rotatable bonds is 7. The van der Waals surface area contributed by atoms with Crippen molar-refractivity contribution in [3.8, 4) is 34.0 Å². The smallest absolute Gasteiger partial charge is 0.434 e. The van der Waals surface area contributed by atoms with Gasteiger partial charge in [-0.3, -0.25) is 0 Å². The van der Waals surface area contributed by atoms with Gasteiger partial charge in [0.25, 0.3) is 0 Å². The predicted octanol–water partition coefficient (Wildman–Crippen LogP) is 8.36. The largest absolute Gasteiger partial charge is 0.488 e. The average molecular weight is 616 g/mol. The highest BCUT2D eigenvalue weighted by molar-refractivity contribution is 5.89. The second-order valence-electron chi connectivity index (χ2n) is 9.65. The summed E-state index contributed by atoms with van der Waals surface area (Å²) in [7, 11) is 0. The normalized spacial score (nSPS) is 11.9. The molecule has 0 saturated carbocycles. The number of aromatic nitrogens is 3. The van der Waals surface area contributed by atoms with Crippen LogP contribution in [0.4, 0.5) is 30.7 Å². The molecule has 226 valence electrons. The van der Waals surface area contributed by atoms with E-state index in [9.17, 15) is 40.6 Å². The monoisotopic (exact) mass is 615 g/mol. The molecule has 0 spiro atoms. The molecule has 44 heavy (non-hydrogen) atoms. The number of hydrogen-bond donors (Lipinski definition) is 1. The number of carboxylic acid groups (broad SMARTS) is 1. The van der Waals surface area contributed by atoms with Crippen molar-refractivity contribution < 1.29 is 45.4 Å². The number of aromatic carboxylic acids is 1. The van der Waals surface area contributed by atoms with Gasteiger partial charge in [0.15, 0.2) is 11.5 Å². The molecule has 0 radical (unpaired) electrons. The minimum atomic E-state index is -5.06. The van der Waals surface area contributed by atoms with E-state index >= 15 is 0 Å². The van der Waals surface area contributed by atoms with Crippen molar-refractivity contribution in [2.45, 2.75) is 25.9 Å². The molecule has 2 heterocycles. The van der Waals surface area contributed by atoms with Gasteiger partial charge in [0.05, 0.1) is 17.5 Å². The summed E-state index contributed by atoms with van der Waals surface area (Å²) < 4.78 is 101. The summed E-state index contributed by atoms with van der Waals surface area (Å²) in [6.45, 7) is 1.79. The molecular weight excluding hydrogens is 595 g/mol. The van der Waals surface area contributed by atoms with Crippen LogP contribution in [0.15, 0.2) is 85.1 Å². The average Bonchev–Trinajstić information content (AvgIpc) is 3.44. The van der Waals surface area contributed by atoms with Crippen LogP contribution in [0, 0.1) is 12.7 Å². The van der Waals surface area contributed by atoms with Crippen molar-refractivity contribution in [2.24, 2.45) is 0 Å². The Morgan fingerprint density at radius 1 is 0.886 bits per heavy atom. The number of aryl methyl sites for hydroxylation is 1. The van der Waals surface area contributed by atoms with Crippen LogP contribution in [-0.2, 0) is 19.0 Å². The predicted molar refractivity (Wildman–Crippen MR) is 145 cm³/mol. The van der Waals surface area contributed by atoms with Crippen molar-refractivity contribution in [3.05, 3.63) is 119 Å². The van der Waals surface area contributed by atoms with E-state index in [4.69, 9.17) is 4.74 Å². The van der Waals surface area contributed by atoms with E-state index in [1.165, 1.54) is 36.4 Å². The molecular formula is C31H20F7N3O3. The van der Waals surface area contributed by atoms with Gasteiger partial charge in [0, 0.05) is 5.56 Å². The van der Waals surface area contributed by atoms with Gasteiger partial charge in [0.2, 0.25) is 0 Å². The second kappa shape index (κ2) is 11.5. The number of carboxylic acids is 1. The number of ether oxygens (including phenoxy) is 1. The molecule has 1 N–H and O–H groups in total. The number of hydrogen-bond acceptors (Lipinski definition) is 4. The summed E-state index contributed by atoms with van der Waals surface area (Å²) in [6, 6.07) is 17.5. The fraction of sp³-hybridized carbons (Fsp3) is 0.129. The molecule has 13 heteroatoms. The first-order chi connectivity index (χ1) is 20.7. The molecule has 0 saturated heterocycles. The van der Waals surface area contributed by atoms with Gasteiger partial charge in [-0.05, 0) is 71.6 Å². The third-order valence-electron chi connectivity index (χ3n) is 6.71. The molecule has 0 aliphatic heterocycles. The summed E-state index contributed by atoms with van der Waals surface area (Å²) in [6.07, 6.45) is -8.93. The molecule has 0 bridgehead atoms. The number of alkyl halides is 6. The molecule has 6 nitrogen and oxygen atoms in total. The third-order valence-corrected chi connectivity index (χ3v) is 6.71. The molecule has 3 aromatic carbocycles. The van der Waals surface area contributed by atoms with Crippen LogP contribution in [0.1, 0.15) is 32.7 Å². The number of pyridine rings is 1. The van der Waals surface area contributed by atoms with Crippen molar-refractivity contribution in [1.29, 1.82) is 0 Å². The Bertz CT molecular complexity index is 1850. The van der Waals surface area contributed by atoms with Gasteiger partial charge < -0.3 is 9.84 Å². The van der Waals surface area contributed by atoms with Crippen LogP contribution >= 0.6 is 0 Å². The Morgan fingerprint density at radius 3 is 2.23 bits per heavy atom. The van der Waals surface area contributed by atoms with E-state index in [0.717, 1.165) is 29.8 Å². The fourth-order valence-electron chi connectivity index (χ4n) is 4.52. The molecule has 0 fully saturated rings. The highest BCUT2D eigenvalue weighted by atomic mass is 19.4. The molecule has 5 aromatic rings. The highest BCUT2D eigenvalue weighted by Gasteiger charge is 2.41. The highest BCUT2D eigenvalue weighted by Crippen LogP contribution is 2.36. The lowest BCUT2D eigenvalue weighted by atomic mass is 9.99. The number of halogens is 7. The van der Waals surface area contributed by atoms with E-state index in [-0.39, 0.29) is 29.4 Å². The van der Waals surface area contributed by atoms with Crippen LogP contribution in [0.25, 0.3) is 28.2 Å². The zero-order chi connectivity index (χ0) is 31.8. The molecule has 0 unspecified atom stereocenters. The SMILES string of the molecule is Cc1cc(-c2ccc(C(F)(F)F)cc2)ccc1COc1ccc(F)cc1-c1cccc(-n2ncc(C(=O)O)c2C(F)(F)F)n1. The zero-order valence-electron chi connectivity index (χ0n) is 22.5. The lowest BCUT2D eigenvalue weighted by molar-refractivity contribution is -0.143. The summed E-state index contributed by atoms with van der Waals surface area (Å²) in [5.74, 6) is -2.68. The van der Waals surface area contributed by atoms with Crippen LogP contribution in [-0.4, -0.2) is 25.8 Å². The maximum absolute atomic E-state index is 14.3. The van der Waals surface area contributed by atoms with Gasteiger partial charge >= 0.3 is 18.3 Å². The van der Waals surface area contributed by atoms with Gasteiger partial charge in [-0.1, -0.05) is 36.4 Å². The first-order valence-corrected chi connectivity index (χ1v) is 12.8. The molecule has 0 atom stereocenters. The summed E-state index contributed by atoms with van der Waals surface area (Å²) in [4.78, 5) is 15.6. The van der Waals surface area contributed by atoms with Gasteiger partial charge in [-0.2, -0.15) is 31.4 Å². The number of carbonyl (C=O) groups is 1. The van der Waals surface area contributed by atoms with Crippen molar-refractivity contribution in [1.82, 2.24) is 14.8 Å². The second-order valence-corrected chi connectivity index (χ2v) is 9.65. The summed E-state index contributed by atoms with van der Waals surface area (Å²) >= 11 is 0. The van der Waals surface area contributed by atoms with Crippen molar-refractivity contribution >= 4 is 5.97 Å². The lowest BCUT2D eigenvalue weighted by Crippen LogP contribution is -2.18. The van der Waals surface area contributed by atoms with Gasteiger partial charge in [-0.15, -0.1) is 0 Å². The minimum absolute atomic E-state index is 0.00318. The number of benzene rings is 3. The Hall–Kier alpha value is -5.20. The van der Waals surface area contributed by atoms with E-state index < -0.39 is 41.0 Å². The van der Waals surface area contributed by atoms with Crippen LogP contribution in [0.3, 0.4) is 0 Å². The molecule has 0 amide bonds. The summed E-state index contributed by atoms with van der Waals surface area (Å²) in [5, 5.41) is 12.8. The fourth-order valence-corrected chi connectivity index (χ4v) is 4.52. The topological polar surface area (TPSA) is 77.2 Å². The maximum Gasteiger partial charge on any atom is 0.434 e. The first kappa shape index (κ1) is 30.3. The van der Waals surface area contributed by atoms with E-state index in [1.54, 1.807) is 25.1 Å². The maximum atomic E-state index is 14.3. The molecule has 5 rings (SSSR count). The first-order valence-electron chi connectivity index (χ1n) is 12.8. The van der Waals surface area contributed by atoms with Crippen molar-refractivity contribution in [3.63, 3.8) is 0 Å². The molecule has 0 aliphatic carbocycles. The standard InChI is InChI=1S/C31H20F7N3O3/c1-17-13-19(18-7-9-21(10-8-18)30(33,34)35)5-6-20(17)16-44-26-12-11-22(32)14-23(26)25-3-2-4-27(40-25)41-28(31(36,37)38)24(15-39-41)29(42)43/h2-15H,16H2,1H3,(H,42,43). The Labute approximate surface area is 245 Å².